The lowest BCUT2D eigenvalue weighted by Crippen LogP contribution is -2.58. The minimum atomic E-state index is -1.62. The van der Waals surface area contributed by atoms with Crippen LogP contribution in [0, 0.1) is 0 Å². The molecule has 0 aliphatic heterocycles. The predicted molar refractivity (Wildman–Crippen MR) is 151 cm³/mol. The molecular formula is C28H32N6O9. The van der Waals surface area contributed by atoms with E-state index in [1.807, 2.05) is 0 Å². The topological polar surface area (TPSA) is 267 Å². The Kier molecular flexibility index (Phi) is 10.8. The predicted octanol–water partition coefficient (Wildman–Crippen LogP) is -1.12. The molecule has 0 radical (unpaired) electrons. The number of nitrogens with one attached hydrogen (secondary N) is 4. The summed E-state index contributed by atoms with van der Waals surface area (Å²) in [6.07, 6.45) is -0.0974. The number of fused-ring (bicyclic) bond motifs is 1. The Hall–Kier alpha value is -5.44. The molecule has 0 saturated heterocycles. The SMILES string of the molecule is NC(=O)CC(NC(=O)C(Cc1c[nH]c2ccccc12)NC(=O)C(N)CC(=O)O)C(=O)NC(Cc1ccc(O)cc1)C(=O)O. The number of nitrogens with two attached hydrogens (primary N) is 2. The molecular weight excluding hydrogens is 564 g/mol. The maximum atomic E-state index is 13.5. The number of carbonyl (C=O) groups excluding carboxylic acids is 4. The lowest BCUT2D eigenvalue weighted by atomic mass is 10.0. The van der Waals surface area contributed by atoms with Crippen LogP contribution in [0.1, 0.15) is 24.0 Å². The zero-order valence-electron chi connectivity index (χ0n) is 22.8. The third kappa shape index (κ3) is 9.29. The van der Waals surface area contributed by atoms with Gasteiger partial charge in [0.15, 0.2) is 0 Å². The highest BCUT2D eigenvalue weighted by atomic mass is 16.4. The zero-order valence-corrected chi connectivity index (χ0v) is 22.8. The number of carbonyl (C=O) groups is 6. The Labute approximate surface area is 244 Å². The molecule has 1 aromatic heterocycles. The molecule has 4 unspecified atom stereocenters. The number of aliphatic carboxylic acids is 2. The standard InChI is InChI=1S/C28H32N6O9/c29-18(11-24(37)38)25(39)32-20(10-15-13-31-19-4-2-1-3-17(15)19)26(40)33-21(12-23(30)36)27(41)34-22(28(42)43)9-14-5-7-16(35)8-6-14/h1-8,13,18,20-22,31,35H,9-12,29H2,(H2,30,36)(H,32,39)(H,33,40)(H,34,41)(H,37,38)(H,42,43). The summed E-state index contributed by atoms with van der Waals surface area (Å²) in [5, 5.41) is 35.9. The van der Waals surface area contributed by atoms with Crippen molar-refractivity contribution in [3.63, 3.8) is 0 Å². The van der Waals surface area contributed by atoms with Crippen molar-refractivity contribution < 1.29 is 44.1 Å². The molecule has 0 spiro atoms. The first-order chi connectivity index (χ1) is 20.3. The van der Waals surface area contributed by atoms with E-state index in [0.717, 1.165) is 10.9 Å². The molecule has 4 atom stereocenters. The van der Waals surface area contributed by atoms with Crippen molar-refractivity contribution >= 4 is 46.5 Å². The second kappa shape index (κ2) is 14.5. The van der Waals surface area contributed by atoms with Gasteiger partial charge in [-0.3, -0.25) is 24.0 Å². The fraction of sp³-hybridized carbons (Fsp3) is 0.286. The lowest BCUT2D eigenvalue weighted by molar-refractivity contribution is -0.142. The van der Waals surface area contributed by atoms with Crippen LogP contribution in [0.2, 0.25) is 0 Å². The van der Waals surface area contributed by atoms with Crippen molar-refractivity contribution in [3.05, 3.63) is 65.9 Å². The number of para-hydroxylation sites is 1. The molecule has 15 heteroatoms. The highest BCUT2D eigenvalue weighted by Crippen LogP contribution is 2.19. The Bertz CT molecular complexity index is 1500. The molecule has 43 heavy (non-hydrogen) atoms. The van der Waals surface area contributed by atoms with Crippen LogP contribution in [0.5, 0.6) is 5.75 Å². The van der Waals surface area contributed by atoms with Crippen LogP contribution in [0.25, 0.3) is 10.9 Å². The van der Waals surface area contributed by atoms with E-state index in [2.05, 4.69) is 20.9 Å². The van der Waals surface area contributed by atoms with Gasteiger partial charge >= 0.3 is 11.9 Å². The smallest absolute Gasteiger partial charge is 0.326 e. The van der Waals surface area contributed by atoms with Gasteiger partial charge in [-0.25, -0.2) is 4.79 Å². The molecule has 4 amide bonds. The largest absolute Gasteiger partial charge is 0.508 e. The number of amides is 4. The average Bonchev–Trinajstić information content (AvgIpc) is 3.35. The summed E-state index contributed by atoms with van der Waals surface area (Å²) < 4.78 is 0. The van der Waals surface area contributed by atoms with Gasteiger partial charge in [0, 0.05) is 29.9 Å². The third-order valence-electron chi connectivity index (χ3n) is 6.49. The van der Waals surface area contributed by atoms with Crippen molar-refractivity contribution in [1.82, 2.24) is 20.9 Å². The maximum absolute atomic E-state index is 13.5. The number of rotatable bonds is 15. The van der Waals surface area contributed by atoms with Crippen LogP contribution >= 0.6 is 0 Å². The fourth-order valence-electron chi connectivity index (χ4n) is 4.31. The van der Waals surface area contributed by atoms with E-state index in [1.165, 1.54) is 24.3 Å². The van der Waals surface area contributed by atoms with Crippen molar-refractivity contribution in [2.24, 2.45) is 11.5 Å². The number of phenols is 1. The van der Waals surface area contributed by atoms with Crippen LogP contribution in [0.3, 0.4) is 0 Å². The normalized spacial score (nSPS) is 13.7. The molecule has 0 aliphatic rings. The van der Waals surface area contributed by atoms with Crippen LogP contribution in [-0.2, 0) is 41.6 Å². The second-order valence-electron chi connectivity index (χ2n) is 9.83. The van der Waals surface area contributed by atoms with Gasteiger partial charge < -0.3 is 47.7 Å². The molecule has 0 aliphatic carbocycles. The van der Waals surface area contributed by atoms with Crippen LogP contribution < -0.4 is 27.4 Å². The first-order valence-corrected chi connectivity index (χ1v) is 13.1. The number of aromatic amines is 1. The molecule has 15 nitrogen and oxygen atoms in total. The number of aromatic hydroxyl groups is 1. The average molecular weight is 597 g/mol. The number of phenolic OH excluding ortho intramolecular Hbond substituents is 1. The molecule has 0 fully saturated rings. The number of primary amides is 1. The Balaban J connectivity index is 1.83. The van der Waals surface area contributed by atoms with Gasteiger partial charge in [0.2, 0.25) is 23.6 Å². The van der Waals surface area contributed by atoms with Crippen LogP contribution in [0.15, 0.2) is 54.7 Å². The summed E-state index contributed by atoms with van der Waals surface area (Å²) >= 11 is 0. The van der Waals surface area contributed by atoms with Gasteiger partial charge in [-0.05, 0) is 29.3 Å². The molecule has 3 aromatic rings. The van der Waals surface area contributed by atoms with E-state index < -0.39 is 72.6 Å². The van der Waals surface area contributed by atoms with Gasteiger partial charge in [-0.1, -0.05) is 30.3 Å². The molecule has 2 aromatic carbocycles. The van der Waals surface area contributed by atoms with Crippen molar-refractivity contribution in [2.75, 3.05) is 0 Å². The molecule has 3 rings (SSSR count). The first-order valence-electron chi connectivity index (χ1n) is 13.1. The van der Waals surface area contributed by atoms with E-state index in [4.69, 9.17) is 16.6 Å². The number of benzene rings is 2. The minimum Gasteiger partial charge on any atom is -0.508 e. The number of carboxylic acid groups (broad SMARTS) is 2. The van der Waals surface area contributed by atoms with Crippen molar-refractivity contribution in [2.45, 2.75) is 49.9 Å². The second-order valence-corrected chi connectivity index (χ2v) is 9.83. The van der Waals surface area contributed by atoms with Gasteiger partial charge in [-0.2, -0.15) is 0 Å². The Morgan fingerprint density at radius 2 is 1.37 bits per heavy atom. The summed E-state index contributed by atoms with van der Waals surface area (Å²) in [7, 11) is 0. The molecule has 0 saturated carbocycles. The Morgan fingerprint density at radius 1 is 0.767 bits per heavy atom. The maximum Gasteiger partial charge on any atom is 0.326 e. The summed E-state index contributed by atoms with van der Waals surface area (Å²) in [4.78, 5) is 77.0. The van der Waals surface area contributed by atoms with Crippen molar-refractivity contribution in [1.29, 1.82) is 0 Å². The zero-order chi connectivity index (χ0) is 31.7. The molecule has 228 valence electrons. The monoisotopic (exact) mass is 596 g/mol. The quantitative estimate of drug-likeness (QED) is 0.102. The van der Waals surface area contributed by atoms with Crippen LogP contribution in [-0.4, -0.2) is 80.0 Å². The van der Waals surface area contributed by atoms with E-state index in [1.54, 1.807) is 30.5 Å². The summed E-state index contributed by atoms with van der Waals surface area (Å²) in [5.41, 5.74) is 12.8. The van der Waals surface area contributed by atoms with Gasteiger partial charge in [0.25, 0.3) is 0 Å². The molecule has 0 bridgehead atoms. The Morgan fingerprint density at radius 3 is 2.00 bits per heavy atom. The summed E-state index contributed by atoms with van der Waals surface area (Å²) in [6, 6.07) is 6.77. The molecule has 11 N–H and O–H groups in total. The van der Waals surface area contributed by atoms with E-state index in [-0.39, 0.29) is 18.6 Å². The highest BCUT2D eigenvalue weighted by Gasteiger charge is 2.32. The first kappa shape index (κ1) is 32.1. The lowest BCUT2D eigenvalue weighted by Gasteiger charge is -2.24. The van der Waals surface area contributed by atoms with Gasteiger partial charge in [-0.15, -0.1) is 0 Å². The van der Waals surface area contributed by atoms with E-state index in [9.17, 15) is 39.0 Å². The van der Waals surface area contributed by atoms with Crippen molar-refractivity contribution in [3.8, 4) is 5.75 Å². The third-order valence-corrected chi connectivity index (χ3v) is 6.49. The number of H-pyrrole nitrogens is 1. The van der Waals surface area contributed by atoms with E-state index in [0.29, 0.717) is 11.1 Å². The van der Waals surface area contributed by atoms with Gasteiger partial charge in [0.1, 0.15) is 23.9 Å². The number of aromatic nitrogens is 1. The summed E-state index contributed by atoms with van der Waals surface area (Å²) in [5.74, 6) is -6.67. The molecule has 1 heterocycles. The van der Waals surface area contributed by atoms with E-state index >= 15 is 0 Å². The number of hydrogen-bond acceptors (Lipinski definition) is 8. The van der Waals surface area contributed by atoms with Gasteiger partial charge in [0.05, 0.1) is 18.9 Å². The minimum absolute atomic E-state index is 0.0397. The summed E-state index contributed by atoms with van der Waals surface area (Å²) in [6.45, 7) is 0. The fourth-order valence-corrected chi connectivity index (χ4v) is 4.31. The number of carboxylic acids is 2. The van der Waals surface area contributed by atoms with Crippen LogP contribution in [0.4, 0.5) is 0 Å². The number of hydrogen-bond donors (Lipinski definition) is 9. The highest BCUT2D eigenvalue weighted by molar-refractivity contribution is 5.97.